The first-order valence-electron chi connectivity index (χ1n) is 5.13. The number of carbonyl (C=O) groups is 1. The van der Waals surface area contributed by atoms with E-state index in [1.807, 2.05) is 29.0 Å². The molecule has 0 saturated carbocycles. The zero-order chi connectivity index (χ0) is 11.8. The first-order valence-corrected chi connectivity index (χ1v) is 6.01. The second-order valence-corrected chi connectivity index (χ2v) is 4.62. The number of nitrogens with zero attached hydrogens (tertiary/aromatic N) is 3. The standard InChI is InChI=1S/C12H9N3OS/c1-8-2-3-9(6-13-8)11(16)10-12-15(7-14-10)4-5-17-12/h2-7H,1H3. The molecule has 0 saturated heterocycles. The number of rotatable bonds is 2. The van der Waals surface area contributed by atoms with Gasteiger partial charge < -0.3 is 0 Å². The summed E-state index contributed by atoms with van der Waals surface area (Å²) in [5.74, 6) is -0.0811. The zero-order valence-electron chi connectivity index (χ0n) is 9.12. The number of thiazole rings is 1. The van der Waals surface area contributed by atoms with Gasteiger partial charge in [-0.3, -0.25) is 14.2 Å². The van der Waals surface area contributed by atoms with Gasteiger partial charge in [-0.2, -0.15) is 0 Å². The summed E-state index contributed by atoms with van der Waals surface area (Å²) in [5, 5.41) is 1.93. The van der Waals surface area contributed by atoms with Crippen LogP contribution in [0.3, 0.4) is 0 Å². The summed E-state index contributed by atoms with van der Waals surface area (Å²) < 4.78 is 1.85. The van der Waals surface area contributed by atoms with Gasteiger partial charge in [-0.15, -0.1) is 11.3 Å². The van der Waals surface area contributed by atoms with Gasteiger partial charge in [0.2, 0.25) is 5.78 Å². The molecule has 0 bridgehead atoms. The van der Waals surface area contributed by atoms with Crippen molar-refractivity contribution in [1.29, 1.82) is 0 Å². The molecular formula is C12H9N3OS. The van der Waals surface area contributed by atoms with E-state index in [-0.39, 0.29) is 5.78 Å². The molecule has 0 fully saturated rings. The summed E-state index contributed by atoms with van der Waals surface area (Å²) >= 11 is 1.51. The van der Waals surface area contributed by atoms with Crippen molar-refractivity contribution in [3.8, 4) is 0 Å². The third-order valence-corrected chi connectivity index (χ3v) is 3.42. The predicted octanol–water partition coefficient (Wildman–Crippen LogP) is 2.33. The molecule has 84 valence electrons. The van der Waals surface area contributed by atoms with Crippen LogP contribution in [0.2, 0.25) is 0 Å². The lowest BCUT2D eigenvalue weighted by atomic mass is 10.1. The van der Waals surface area contributed by atoms with Gasteiger partial charge in [0.05, 0.1) is 0 Å². The lowest BCUT2D eigenvalue weighted by molar-refractivity contribution is 0.103. The molecular weight excluding hydrogens is 234 g/mol. The van der Waals surface area contributed by atoms with Gasteiger partial charge in [-0.25, -0.2) is 4.98 Å². The maximum atomic E-state index is 12.2. The second kappa shape index (κ2) is 3.78. The Morgan fingerprint density at radius 1 is 1.35 bits per heavy atom. The molecule has 5 heteroatoms. The lowest BCUT2D eigenvalue weighted by Crippen LogP contribution is -2.02. The largest absolute Gasteiger partial charge is 0.296 e. The van der Waals surface area contributed by atoms with Crippen LogP contribution in [0.15, 0.2) is 36.2 Å². The predicted molar refractivity (Wildman–Crippen MR) is 65.5 cm³/mol. The van der Waals surface area contributed by atoms with Gasteiger partial charge >= 0.3 is 0 Å². The van der Waals surface area contributed by atoms with Crippen LogP contribution in [0.5, 0.6) is 0 Å². The molecule has 0 atom stereocenters. The van der Waals surface area contributed by atoms with E-state index in [0.29, 0.717) is 11.3 Å². The van der Waals surface area contributed by atoms with Crippen LogP contribution in [0, 0.1) is 6.92 Å². The Morgan fingerprint density at radius 3 is 3.00 bits per heavy atom. The fraction of sp³-hybridized carbons (Fsp3) is 0.0833. The Labute approximate surface area is 102 Å². The highest BCUT2D eigenvalue weighted by atomic mass is 32.1. The van der Waals surface area contributed by atoms with E-state index in [4.69, 9.17) is 0 Å². The number of imidazole rings is 1. The Bertz CT molecular complexity index is 681. The minimum absolute atomic E-state index is 0.0811. The van der Waals surface area contributed by atoms with Crippen molar-refractivity contribution in [1.82, 2.24) is 14.4 Å². The van der Waals surface area contributed by atoms with E-state index < -0.39 is 0 Å². The lowest BCUT2D eigenvalue weighted by Gasteiger charge is -1.97. The van der Waals surface area contributed by atoms with Crippen LogP contribution >= 0.6 is 11.3 Å². The van der Waals surface area contributed by atoms with E-state index in [2.05, 4.69) is 9.97 Å². The number of aromatic nitrogens is 3. The molecule has 17 heavy (non-hydrogen) atoms. The van der Waals surface area contributed by atoms with Crippen LogP contribution in [0.4, 0.5) is 0 Å². The Kier molecular flexibility index (Phi) is 2.26. The summed E-state index contributed by atoms with van der Waals surface area (Å²) in [4.78, 5) is 21.4. The Balaban J connectivity index is 2.08. The van der Waals surface area contributed by atoms with Crippen molar-refractivity contribution in [3.05, 3.63) is 53.2 Å². The van der Waals surface area contributed by atoms with Crippen molar-refractivity contribution in [2.75, 3.05) is 0 Å². The van der Waals surface area contributed by atoms with E-state index in [0.717, 1.165) is 10.5 Å². The van der Waals surface area contributed by atoms with Gasteiger partial charge in [-0.05, 0) is 19.1 Å². The Morgan fingerprint density at radius 2 is 2.24 bits per heavy atom. The number of hydrogen-bond donors (Lipinski definition) is 0. The molecule has 0 aromatic carbocycles. The number of carbonyl (C=O) groups excluding carboxylic acids is 1. The van der Waals surface area contributed by atoms with E-state index in [1.165, 1.54) is 11.3 Å². The van der Waals surface area contributed by atoms with Crippen LogP contribution in [0.1, 0.15) is 21.7 Å². The minimum Gasteiger partial charge on any atom is -0.296 e. The fourth-order valence-electron chi connectivity index (χ4n) is 1.63. The molecule has 0 N–H and O–H groups in total. The van der Waals surface area contributed by atoms with Crippen LogP contribution in [-0.4, -0.2) is 20.2 Å². The van der Waals surface area contributed by atoms with Crippen LogP contribution < -0.4 is 0 Å². The fourth-order valence-corrected chi connectivity index (χ4v) is 2.44. The molecule has 0 radical (unpaired) electrons. The van der Waals surface area contributed by atoms with Gasteiger partial charge in [-0.1, -0.05) is 0 Å². The van der Waals surface area contributed by atoms with Gasteiger partial charge in [0, 0.05) is 29.0 Å². The topological polar surface area (TPSA) is 47.3 Å². The smallest absolute Gasteiger partial charge is 0.215 e. The molecule has 0 unspecified atom stereocenters. The first-order chi connectivity index (χ1) is 8.25. The maximum Gasteiger partial charge on any atom is 0.215 e. The monoisotopic (exact) mass is 243 g/mol. The molecule has 3 heterocycles. The summed E-state index contributed by atoms with van der Waals surface area (Å²) in [7, 11) is 0. The normalized spacial score (nSPS) is 10.9. The van der Waals surface area contributed by atoms with Gasteiger partial charge in [0.25, 0.3) is 0 Å². The average molecular weight is 243 g/mol. The summed E-state index contributed by atoms with van der Waals surface area (Å²) in [6, 6.07) is 3.61. The third kappa shape index (κ3) is 1.64. The van der Waals surface area contributed by atoms with Crippen molar-refractivity contribution >= 4 is 22.0 Å². The van der Waals surface area contributed by atoms with E-state index in [9.17, 15) is 4.79 Å². The SMILES string of the molecule is Cc1ccc(C(=O)c2ncn3ccsc23)cn1. The number of pyridine rings is 1. The molecule has 0 spiro atoms. The molecule has 0 aliphatic rings. The highest BCUT2D eigenvalue weighted by Crippen LogP contribution is 2.18. The first kappa shape index (κ1) is 10.2. The van der Waals surface area contributed by atoms with Crippen molar-refractivity contribution in [2.45, 2.75) is 6.92 Å². The molecule has 3 aromatic heterocycles. The number of aryl methyl sites for hydroxylation is 1. The summed E-state index contributed by atoms with van der Waals surface area (Å²) in [6.45, 7) is 1.89. The average Bonchev–Trinajstić information content (AvgIpc) is 2.90. The molecule has 0 aliphatic heterocycles. The van der Waals surface area contributed by atoms with Crippen molar-refractivity contribution in [2.24, 2.45) is 0 Å². The van der Waals surface area contributed by atoms with Crippen molar-refractivity contribution in [3.63, 3.8) is 0 Å². The Hall–Kier alpha value is -2.01. The molecule has 0 aliphatic carbocycles. The number of ketones is 1. The third-order valence-electron chi connectivity index (χ3n) is 2.54. The quantitative estimate of drug-likeness (QED) is 0.649. The van der Waals surface area contributed by atoms with Crippen molar-refractivity contribution < 1.29 is 4.79 Å². The molecule has 4 nitrogen and oxygen atoms in total. The highest BCUT2D eigenvalue weighted by Gasteiger charge is 2.16. The summed E-state index contributed by atoms with van der Waals surface area (Å²) in [5.41, 5.74) is 1.96. The van der Waals surface area contributed by atoms with Crippen LogP contribution in [-0.2, 0) is 0 Å². The second-order valence-electron chi connectivity index (χ2n) is 3.73. The zero-order valence-corrected chi connectivity index (χ0v) is 9.94. The highest BCUT2D eigenvalue weighted by molar-refractivity contribution is 7.15. The van der Waals surface area contributed by atoms with E-state index >= 15 is 0 Å². The number of fused-ring (bicyclic) bond motifs is 1. The molecule has 0 amide bonds. The van der Waals surface area contributed by atoms with E-state index in [1.54, 1.807) is 18.6 Å². The minimum atomic E-state index is -0.0811. The number of hydrogen-bond acceptors (Lipinski definition) is 4. The van der Waals surface area contributed by atoms with Gasteiger partial charge in [0.1, 0.15) is 16.9 Å². The van der Waals surface area contributed by atoms with Crippen LogP contribution in [0.25, 0.3) is 4.83 Å². The maximum absolute atomic E-state index is 12.2. The summed E-state index contributed by atoms with van der Waals surface area (Å²) in [6.07, 6.45) is 5.13. The molecule has 3 rings (SSSR count). The molecule has 3 aromatic rings. The van der Waals surface area contributed by atoms with Gasteiger partial charge in [0.15, 0.2) is 0 Å².